The molecule has 1 aromatic carbocycles. The van der Waals surface area contributed by atoms with Gasteiger partial charge in [-0.3, -0.25) is 10.0 Å². The number of aliphatic hydroxyl groups is 2. The van der Waals surface area contributed by atoms with Crippen molar-refractivity contribution in [3.05, 3.63) is 35.4 Å². The van der Waals surface area contributed by atoms with Gasteiger partial charge in [0.1, 0.15) is 6.10 Å². The van der Waals surface area contributed by atoms with E-state index in [4.69, 9.17) is 15.2 Å². The first kappa shape index (κ1) is 26.2. The van der Waals surface area contributed by atoms with Crippen LogP contribution in [0.1, 0.15) is 56.6 Å². The van der Waals surface area contributed by atoms with Crippen LogP contribution in [0.4, 0.5) is 0 Å². The van der Waals surface area contributed by atoms with Crippen molar-refractivity contribution >= 4 is 21.5 Å². The molecule has 0 bridgehead atoms. The highest BCUT2D eigenvalue weighted by molar-refractivity contribution is 7.92. The molecule has 1 aliphatic heterocycles. The van der Waals surface area contributed by atoms with Gasteiger partial charge in [0.25, 0.3) is 5.91 Å². The average molecular weight is 493 g/mol. The summed E-state index contributed by atoms with van der Waals surface area (Å²) in [5, 5.41) is 31.9. The van der Waals surface area contributed by atoms with E-state index in [2.05, 4.69) is 17.0 Å². The Labute approximate surface area is 200 Å². The topological polar surface area (TPSA) is 146 Å². The molecule has 1 fully saturated rings. The summed E-state index contributed by atoms with van der Waals surface area (Å²) in [5.74, 6) is 5.92. The van der Waals surface area contributed by atoms with Crippen LogP contribution >= 0.6 is 0 Å². The quantitative estimate of drug-likeness (QED) is 0.256. The number of sulfone groups is 1. The molecule has 0 radical (unpaired) electrons. The number of aliphatic hydroxyl groups excluding tert-OH is 2. The van der Waals surface area contributed by atoms with Crippen LogP contribution in [0.15, 0.2) is 29.4 Å². The Balaban J connectivity index is 1.57. The lowest BCUT2D eigenvalue weighted by molar-refractivity contribution is -0.132. The second-order valence-corrected chi connectivity index (χ2v) is 11.8. The normalized spacial score (nSPS) is 25.2. The maximum atomic E-state index is 12.2. The maximum Gasteiger partial charge on any atom is 0.264 e. The van der Waals surface area contributed by atoms with Crippen LogP contribution in [0.25, 0.3) is 0 Å². The van der Waals surface area contributed by atoms with Gasteiger partial charge in [0.05, 0.1) is 18.4 Å². The molecule has 0 aromatic heterocycles. The number of carbonyl (C=O) groups is 1. The van der Waals surface area contributed by atoms with Gasteiger partial charge in [-0.2, -0.15) is 0 Å². The van der Waals surface area contributed by atoms with E-state index in [-0.39, 0.29) is 24.9 Å². The number of hydrogen-bond donors (Lipinski definition) is 4. The van der Waals surface area contributed by atoms with Crippen molar-refractivity contribution in [3.63, 3.8) is 0 Å². The summed E-state index contributed by atoms with van der Waals surface area (Å²) in [7, 11) is -3.82. The van der Waals surface area contributed by atoms with Gasteiger partial charge >= 0.3 is 0 Å². The van der Waals surface area contributed by atoms with Gasteiger partial charge in [0.2, 0.25) is 0 Å². The van der Waals surface area contributed by atoms with Gasteiger partial charge in [-0.05, 0) is 56.2 Å². The minimum absolute atomic E-state index is 0.146. The van der Waals surface area contributed by atoms with Crippen molar-refractivity contribution in [2.24, 2.45) is 17.0 Å². The molecule has 3 rings (SSSR count). The minimum Gasteiger partial charge on any atom is -0.394 e. The first-order valence-electron chi connectivity index (χ1n) is 11.3. The van der Waals surface area contributed by atoms with E-state index in [0.717, 1.165) is 43.1 Å². The zero-order valence-corrected chi connectivity index (χ0v) is 20.2. The number of amides is 1. The van der Waals surface area contributed by atoms with Crippen LogP contribution in [0.3, 0.4) is 0 Å². The van der Waals surface area contributed by atoms with Gasteiger partial charge in [-0.1, -0.05) is 29.1 Å². The summed E-state index contributed by atoms with van der Waals surface area (Å²) in [6.07, 6.45) is 3.40. The van der Waals surface area contributed by atoms with Crippen molar-refractivity contribution in [1.82, 2.24) is 5.48 Å². The van der Waals surface area contributed by atoms with Crippen molar-refractivity contribution in [2.75, 3.05) is 12.9 Å². The Bertz CT molecular complexity index is 1070. The van der Waals surface area contributed by atoms with Crippen LogP contribution < -0.4 is 5.48 Å². The van der Waals surface area contributed by atoms with E-state index in [0.29, 0.717) is 12.1 Å². The molecule has 2 aliphatic rings. The summed E-state index contributed by atoms with van der Waals surface area (Å²) in [4.78, 5) is 17.4. The van der Waals surface area contributed by atoms with E-state index >= 15 is 0 Å². The van der Waals surface area contributed by atoms with E-state index in [9.17, 15) is 18.3 Å². The third-order valence-electron chi connectivity index (χ3n) is 6.89. The molecule has 0 unspecified atom stereocenters. The van der Waals surface area contributed by atoms with Crippen LogP contribution in [-0.2, 0) is 19.5 Å². The molecule has 3 atom stereocenters. The van der Waals surface area contributed by atoms with Crippen LogP contribution in [0.5, 0.6) is 0 Å². The van der Waals surface area contributed by atoms with Gasteiger partial charge in [-0.25, -0.2) is 13.9 Å². The Hall–Kier alpha value is -2.45. The summed E-state index contributed by atoms with van der Waals surface area (Å²) in [6, 6.07) is 7.52. The summed E-state index contributed by atoms with van der Waals surface area (Å²) < 4.78 is 22.5. The molecule has 0 spiro atoms. The lowest BCUT2D eigenvalue weighted by Gasteiger charge is -2.28. The number of nitrogens with one attached hydrogen (secondary N) is 1. The molecule has 1 heterocycles. The van der Waals surface area contributed by atoms with Gasteiger partial charge in [-0.15, -0.1) is 0 Å². The zero-order valence-electron chi connectivity index (χ0n) is 19.4. The van der Waals surface area contributed by atoms with Gasteiger partial charge in [0, 0.05) is 30.6 Å². The molecule has 186 valence electrons. The highest BCUT2D eigenvalue weighted by Gasteiger charge is 2.47. The largest absolute Gasteiger partial charge is 0.394 e. The molecule has 10 heteroatoms. The molecule has 4 N–H and O–H groups in total. The van der Waals surface area contributed by atoms with Gasteiger partial charge < -0.3 is 15.1 Å². The molecule has 0 saturated heterocycles. The fraction of sp³-hybridized carbons (Fsp3) is 0.583. The van der Waals surface area contributed by atoms with E-state index in [1.165, 1.54) is 12.4 Å². The van der Waals surface area contributed by atoms with Crippen LogP contribution in [0.2, 0.25) is 0 Å². The number of nitrogens with zero attached hydrogens (tertiary/aromatic N) is 1. The first-order chi connectivity index (χ1) is 16.1. The van der Waals surface area contributed by atoms with E-state index in [1.54, 1.807) is 0 Å². The summed E-state index contributed by atoms with van der Waals surface area (Å²) >= 11 is 0. The second kappa shape index (κ2) is 10.9. The van der Waals surface area contributed by atoms with Crippen LogP contribution in [0, 0.1) is 23.7 Å². The lowest BCUT2D eigenvalue weighted by Crippen LogP contribution is -2.51. The standard InChI is InChI=1S/C24H32N2O7S/c1-24(23(29)25-30,34(2,31)32)14-20-13-21(26-33-20)18-9-5-16(6-10-18)3-4-17-7-11-19(12-8-17)22(28)15-27/h5-6,9-10,17,19-20,22,27-28,30H,7-8,11-15H2,1-2H3,(H,25,29)/t17?,19?,20-,22-,24-/m1/s1. The average Bonchev–Trinajstić information content (AvgIpc) is 3.29. The molecule has 9 nitrogen and oxygen atoms in total. The summed E-state index contributed by atoms with van der Waals surface area (Å²) in [6.45, 7) is 1.06. The summed E-state index contributed by atoms with van der Waals surface area (Å²) in [5.41, 5.74) is 3.76. The van der Waals surface area contributed by atoms with Crippen molar-refractivity contribution < 1.29 is 33.5 Å². The fourth-order valence-corrected chi connectivity index (χ4v) is 5.27. The highest BCUT2D eigenvalue weighted by Crippen LogP contribution is 2.31. The molecular formula is C24H32N2O7S. The van der Waals surface area contributed by atoms with Crippen molar-refractivity contribution in [2.45, 2.75) is 62.4 Å². The molecule has 1 amide bonds. The Morgan fingerprint density at radius 3 is 2.47 bits per heavy atom. The van der Waals surface area contributed by atoms with Gasteiger partial charge in [0.15, 0.2) is 14.6 Å². The third-order valence-corrected chi connectivity index (χ3v) is 8.88. The number of benzene rings is 1. The zero-order chi connectivity index (χ0) is 24.9. The predicted molar refractivity (Wildman–Crippen MR) is 126 cm³/mol. The van der Waals surface area contributed by atoms with Crippen LogP contribution in [-0.4, -0.2) is 65.3 Å². The van der Waals surface area contributed by atoms with E-state index < -0.39 is 32.7 Å². The SMILES string of the molecule is C[C@@](C[C@H]1CC(c2ccc(C#CC3CCC([C@H](O)CO)CC3)cc2)=NO1)(C(=O)NO)S(C)(=O)=O. The minimum atomic E-state index is -3.82. The molecule has 1 saturated carbocycles. The van der Waals surface area contributed by atoms with Crippen molar-refractivity contribution in [1.29, 1.82) is 0 Å². The Morgan fingerprint density at radius 1 is 1.26 bits per heavy atom. The number of hydrogen-bond acceptors (Lipinski definition) is 8. The number of oxime groups is 1. The molecule has 1 aliphatic carbocycles. The fourth-order valence-electron chi connectivity index (χ4n) is 4.40. The molecule has 34 heavy (non-hydrogen) atoms. The monoisotopic (exact) mass is 492 g/mol. The second-order valence-electron chi connectivity index (χ2n) is 9.33. The molecular weight excluding hydrogens is 460 g/mol. The number of rotatable bonds is 7. The van der Waals surface area contributed by atoms with Crippen molar-refractivity contribution in [3.8, 4) is 11.8 Å². The smallest absolute Gasteiger partial charge is 0.264 e. The maximum absolute atomic E-state index is 12.2. The lowest BCUT2D eigenvalue weighted by atomic mass is 9.80. The van der Waals surface area contributed by atoms with E-state index in [1.807, 2.05) is 24.3 Å². The number of carbonyl (C=O) groups excluding carboxylic acids is 1. The first-order valence-corrected chi connectivity index (χ1v) is 13.2. The third kappa shape index (κ3) is 5.96. The highest BCUT2D eigenvalue weighted by atomic mass is 32.2. The number of hydroxylamine groups is 1. The molecule has 1 aromatic rings. The predicted octanol–water partition coefficient (Wildman–Crippen LogP) is 1.39. The Morgan fingerprint density at radius 2 is 1.91 bits per heavy atom. The Kier molecular flexibility index (Phi) is 8.36.